The Kier molecular flexibility index (Phi) is 2.46. The van der Waals surface area contributed by atoms with Crippen LogP contribution in [-0.2, 0) is 9.47 Å². The maximum atomic E-state index is 5.26. The Morgan fingerprint density at radius 2 is 2.50 bits per heavy atom. The van der Waals surface area contributed by atoms with Crippen LogP contribution in [0.2, 0.25) is 0 Å². The molecule has 0 aromatic carbocycles. The van der Waals surface area contributed by atoms with Gasteiger partial charge in [-0.15, -0.1) is 6.58 Å². The van der Waals surface area contributed by atoms with E-state index < -0.39 is 0 Å². The van der Waals surface area contributed by atoms with Crippen molar-refractivity contribution in [3.05, 3.63) is 12.7 Å². The van der Waals surface area contributed by atoms with E-state index in [2.05, 4.69) is 13.5 Å². The van der Waals surface area contributed by atoms with Gasteiger partial charge in [0.2, 0.25) is 0 Å². The second kappa shape index (κ2) is 3.17. The van der Waals surface area contributed by atoms with Gasteiger partial charge in [-0.05, 0) is 6.42 Å². The SMILES string of the molecule is C=CCOCC1(CC)CO1. The van der Waals surface area contributed by atoms with E-state index in [0.29, 0.717) is 6.61 Å². The topological polar surface area (TPSA) is 21.8 Å². The monoisotopic (exact) mass is 142 g/mol. The lowest BCUT2D eigenvalue weighted by molar-refractivity contribution is 0.0954. The zero-order valence-electron chi connectivity index (χ0n) is 6.43. The summed E-state index contributed by atoms with van der Waals surface area (Å²) in [5.74, 6) is 0. The average Bonchev–Trinajstić information content (AvgIpc) is 2.70. The first-order valence-corrected chi connectivity index (χ1v) is 3.65. The Labute approximate surface area is 61.8 Å². The molecule has 2 nitrogen and oxygen atoms in total. The number of ether oxygens (including phenoxy) is 2. The number of hydrogen-bond acceptors (Lipinski definition) is 2. The largest absolute Gasteiger partial charge is 0.374 e. The molecule has 1 atom stereocenters. The van der Waals surface area contributed by atoms with Gasteiger partial charge in [-0.3, -0.25) is 0 Å². The molecule has 0 radical (unpaired) electrons. The minimum absolute atomic E-state index is 0.0724. The van der Waals surface area contributed by atoms with Crippen LogP contribution in [0, 0.1) is 0 Å². The molecule has 1 saturated heterocycles. The normalized spacial score (nSPS) is 30.1. The fourth-order valence-corrected chi connectivity index (χ4v) is 0.820. The molecule has 2 heteroatoms. The molecule has 0 aliphatic carbocycles. The summed E-state index contributed by atoms with van der Waals surface area (Å²) in [5, 5.41) is 0. The van der Waals surface area contributed by atoms with Crippen LogP contribution < -0.4 is 0 Å². The third-order valence-corrected chi connectivity index (χ3v) is 1.80. The molecule has 1 heterocycles. The van der Waals surface area contributed by atoms with Crippen LogP contribution in [0.1, 0.15) is 13.3 Å². The quantitative estimate of drug-likeness (QED) is 0.328. The minimum atomic E-state index is 0.0724. The first-order valence-electron chi connectivity index (χ1n) is 3.65. The predicted octanol–water partition coefficient (Wildman–Crippen LogP) is 1.37. The predicted molar refractivity (Wildman–Crippen MR) is 40.0 cm³/mol. The fraction of sp³-hybridized carbons (Fsp3) is 0.750. The minimum Gasteiger partial charge on any atom is -0.374 e. The molecule has 58 valence electrons. The summed E-state index contributed by atoms with van der Waals surface area (Å²) in [4.78, 5) is 0. The van der Waals surface area contributed by atoms with Crippen LogP contribution in [0.5, 0.6) is 0 Å². The van der Waals surface area contributed by atoms with Gasteiger partial charge in [-0.25, -0.2) is 0 Å². The van der Waals surface area contributed by atoms with Crippen molar-refractivity contribution in [2.75, 3.05) is 19.8 Å². The summed E-state index contributed by atoms with van der Waals surface area (Å²) in [5.41, 5.74) is 0.0724. The van der Waals surface area contributed by atoms with E-state index in [1.165, 1.54) is 0 Å². The average molecular weight is 142 g/mol. The number of hydrogen-bond donors (Lipinski definition) is 0. The molecule has 0 amide bonds. The first kappa shape index (κ1) is 7.76. The number of rotatable bonds is 5. The number of epoxide rings is 1. The van der Waals surface area contributed by atoms with E-state index >= 15 is 0 Å². The Morgan fingerprint density at radius 3 is 2.90 bits per heavy atom. The Morgan fingerprint density at radius 1 is 1.80 bits per heavy atom. The maximum Gasteiger partial charge on any atom is 0.115 e. The third-order valence-electron chi connectivity index (χ3n) is 1.80. The smallest absolute Gasteiger partial charge is 0.115 e. The molecule has 1 unspecified atom stereocenters. The summed E-state index contributed by atoms with van der Waals surface area (Å²) in [6.45, 7) is 7.89. The van der Waals surface area contributed by atoms with Crippen molar-refractivity contribution in [1.82, 2.24) is 0 Å². The Hall–Kier alpha value is -0.340. The van der Waals surface area contributed by atoms with Crippen LogP contribution in [0.4, 0.5) is 0 Å². The molecule has 0 spiro atoms. The van der Waals surface area contributed by atoms with Gasteiger partial charge in [0.05, 0.1) is 19.8 Å². The van der Waals surface area contributed by atoms with E-state index in [-0.39, 0.29) is 5.60 Å². The molecule has 0 aromatic heterocycles. The van der Waals surface area contributed by atoms with Crippen molar-refractivity contribution >= 4 is 0 Å². The van der Waals surface area contributed by atoms with Gasteiger partial charge < -0.3 is 9.47 Å². The summed E-state index contributed by atoms with van der Waals surface area (Å²) >= 11 is 0. The Bertz CT molecular complexity index is 116. The van der Waals surface area contributed by atoms with Gasteiger partial charge >= 0.3 is 0 Å². The van der Waals surface area contributed by atoms with Crippen LogP contribution in [0.3, 0.4) is 0 Å². The summed E-state index contributed by atoms with van der Waals surface area (Å²) < 4.78 is 10.5. The fourth-order valence-electron chi connectivity index (χ4n) is 0.820. The van der Waals surface area contributed by atoms with Crippen LogP contribution in [0.25, 0.3) is 0 Å². The molecule has 0 N–H and O–H groups in total. The van der Waals surface area contributed by atoms with E-state index in [9.17, 15) is 0 Å². The highest BCUT2D eigenvalue weighted by Gasteiger charge is 2.42. The molecule has 1 aliphatic rings. The lowest BCUT2D eigenvalue weighted by Crippen LogP contribution is -2.17. The lowest BCUT2D eigenvalue weighted by Gasteiger charge is -2.07. The van der Waals surface area contributed by atoms with Gasteiger partial charge in [-0.1, -0.05) is 13.0 Å². The lowest BCUT2D eigenvalue weighted by atomic mass is 10.1. The second-order valence-electron chi connectivity index (χ2n) is 2.63. The Balaban J connectivity index is 2.06. The van der Waals surface area contributed by atoms with E-state index in [4.69, 9.17) is 9.47 Å². The van der Waals surface area contributed by atoms with Crippen molar-refractivity contribution in [1.29, 1.82) is 0 Å². The molecule has 1 aliphatic heterocycles. The molecule has 0 bridgehead atoms. The van der Waals surface area contributed by atoms with Gasteiger partial charge in [0.15, 0.2) is 0 Å². The summed E-state index contributed by atoms with van der Waals surface area (Å²) in [7, 11) is 0. The van der Waals surface area contributed by atoms with Crippen LogP contribution in [-0.4, -0.2) is 25.4 Å². The van der Waals surface area contributed by atoms with Gasteiger partial charge in [0.25, 0.3) is 0 Å². The van der Waals surface area contributed by atoms with E-state index in [1.54, 1.807) is 6.08 Å². The molecular formula is C8H14O2. The molecule has 1 fully saturated rings. The van der Waals surface area contributed by atoms with E-state index in [0.717, 1.165) is 19.6 Å². The standard InChI is InChI=1S/C8H14O2/c1-3-5-9-6-8(4-2)7-10-8/h3H,1,4-7H2,2H3. The zero-order valence-corrected chi connectivity index (χ0v) is 6.43. The maximum absolute atomic E-state index is 5.26. The van der Waals surface area contributed by atoms with Crippen molar-refractivity contribution in [2.24, 2.45) is 0 Å². The van der Waals surface area contributed by atoms with Gasteiger partial charge in [0, 0.05) is 0 Å². The van der Waals surface area contributed by atoms with E-state index in [1.807, 2.05) is 0 Å². The molecule has 0 saturated carbocycles. The molecule has 1 rings (SSSR count). The first-order chi connectivity index (χ1) is 4.83. The highest BCUT2D eigenvalue weighted by atomic mass is 16.6. The van der Waals surface area contributed by atoms with Crippen LogP contribution >= 0.6 is 0 Å². The summed E-state index contributed by atoms with van der Waals surface area (Å²) in [6.07, 6.45) is 2.80. The van der Waals surface area contributed by atoms with Crippen molar-refractivity contribution in [3.8, 4) is 0 Å². The highest BCUT2D eigenvalue weighted by molar-refractivity contribution is 4.90. The molecule has 0 aromatic rings. The van der Waals surface area contributed by atoms with Crippen molar-refractivity contribution in [2.45, 2.75) is 18.9 Å². The molecular weight excluding hydrogens is 128 g/mol. The summed E-state index contributed by atoms with van der Waals surface area (Å²) in [6, 6.07) is 0. The van der Waals surface area contributed by atoms with Crippen LogP contribution in [0.15, 0.2) is 12.7 Å². The third kappa shape index (κ3) is 1.82. The zero-order chi connectivity index (χ0) is 7.45. The molecule has 10 heavy (non-hydrogen) atoms. The highest BCUT2D eigenvalue weighted by Crippen LogP contribution is 2.30. The van der Waals surface area contributed by atoms with Gasteiger partial charge in [0.1, 0.15) is 5.60 Å². The van der Waals surface area contributed by atoms with Gasteiger partial charge in [-0.2, -0.15) is 0 Å². The van der Waals surface area contributed by atoms with Crippen molar-refractivity contribution in [3.63, 3.8) is 0 Å². The second-order valence-corrected chi connectivity index (χ2v) is 2.63. The van der Waals surface area contributed by atoms with Crippen molar-refractivity contribution < 1.29 is 9.47 Å².